The number of hydrogen-bond acceptors (Lipinski definition) is 3. The van der Waals surface area contributed by atoms with Crippen molar-refractivity contribution in [2.45, 2.75) is 6.54 Å². The maximum Gasteiger partial charge on any atom is 0.270 e. The lowest BCUT2D eigenvalue weighted by Gasteiger charge is -2.02. The molecule has 1 amide bonds. The number of nitrogens with zero attached hydrogens (tertiary/aromatic N) is 3. The number of carbonyl (C=O) groups is 1. The van der Waals surface area contributed by atoms with Gasteiger partial charge in [0.25, 0.3) is 5.91 Å². The highest BCUT2D eigenvalue weighted by atomic mass is 19.1. The molecular formula is C11H11FN4O. The highest BCUT2D eigenvalue weighted by Gasteiger charge is 2.08. The van der Waals surface area contributed by atoms with E-state index >= 15 is 0 Å². The van der Waals surface area contributed by atoms with Crippen molar-refractivity contribution >= 4 is 5.91 Å². The minimum absolute atomic E-state index is 0.0564. The summed E-state index contributed by atoms with van der Waals surface area (Å²) in [6, 6.07) is 5.88. The molecular weight excluding hydrogens is 223 g/mol. The van der Waals surface area contributed by atoms with Gasteiger partial charge in [-0.15, -0.1) is 0 Å². The lowest BCUT2D eigenvalue weighted by atomic mass is 10.3. The SMILES string of the molecule is Cn1ccc(CNC(=O)c2cccc(F)n2)n1. The second-order valence-electron chi connectivity index (χ2n) is 3.51. The molecule has 0 spiro atoms. The van der Waals surface area contributed by atoms with Gasteiger partial charge in [-0.05, 0) is 18.2 Å². The summed E-state index contributed by atoms with van der Waals surface area (Å²) in [4.78, 5) is 15.1. The van der Waals surface area contributed by atoms with E-state index in [0.717, 1.165) is 5.69 Å². The molecule has 0 unspecified atom stereocenters. The number of rotatable bonds is 3. The fourth-order valence-electron chi connectivity index (χ4n) is 1.35. The average Bonchev–Trinajstić information content (AvgIpc) is 2.72. The predicted molar refractivity (Wildman–Crippen MR) is 58.6 cm³/mol. The van der Waals surface area contributed by atoms with Crippen LogP contribution in [0.3, 0.4) is 0 Å². The van der Waals surface area contributed by atoms with Gasteiger partial charge in [0.1, 0.15) is 5.69 Å². The molecule has 0 aromatic carbocycles. The highest BCUT2D eigenvalue weighted by molar-refractivity contribution is 5.92. The Morgan fingerprint density at radius 2 is 2.29 bits per heavy atom. The van der Waals surface area contributed by atoms with Crippen LogP contribution >= 0.6 is 0 Å². The van der Waals surface area contributed by atoms with E-state index in [0.29, 0.717) is 0 Å². The molecule has 6 heteroatoms. The van der Waals surface area contributed by atoms with Gasteiger partial charge < -0.3 is 5.32 Å². The summed E-state index contributed by atoms with van der Waals surface area (Å²) in [5, 5.41) is 6.71. The zero-order valence-electron chi connectivity index (χ0n) is 9.22. The average molecular weight is 234 g/mol. The van der Waals surface area contributed by atoms with E-state index in [2.05, 4.69) is 15.4 Å². The number of hydrogen-bond donors (Lipinski definition) is 1. The van der Waals surface area contributed by atoms with E-state index in [1.165, 1.54) is 18.2 Å². The maximum atomic E-state index is 12.8. The van der Waals surface area contributed by atoms with Gasteiger partial charge in [0.2, 0.25) is 5.95 Å². The van der Waals surface area contributed by atoms with Crippen molar-refractivity contribution in [1.29, 1.82) is 0 Å². The minimum atomic E-state index is -0.671. The summed E-state index contributed by atoms with van der Waals surface area (Å²) < 4.78 is 14.4. The number of carbonyl (C=O) groups excluding carboxylic acids is 1. The van der Waals surface area contributed by atoms with Crippen molar-refractivity contribution in [3.63, 3.8) is 0 Å². The Kier molecular flexibility index (Phi) is 3.13. The van der Waals surface area contributed by atoms with Crippen LogP contribution in [0.25, 0.3) is 0 Å². The Bertz CT molecular complexity index is 538. The molecule has 0 saturated carbocycles. The maximum absolute atomic E-state index is 12.8. The first-order valence-electron chi connectivity index (χ1n) is 5.04. The Balaban J connectivity index is 1.98. The molecule has 0 aliphatic carbocycles. The van der Waals surface area contributed by atoms with Gasteiger partial charge in [-0.1, -0.05) is 6.07 Å². The van der Waals surface area contributed by atoms with Gasteiger partial charge in [0, 0.05) is 13.2 Å². The third-order valence-electron chi connectivity index (χ3n) is 2.15. The molecule has 0 aliphatic rings. The van der Waals surface area contributed by atoms with Gasteiger partial charge in [0.05, 0.1) is 12.2 Å². The Labute approximate surface area is 97.3 Å². The summed E-state index contributed by atoms with van der Waals surface area (Å²) in [6.07, 6.45) is 1.78. The van der Waals surface area contributed by atoms with Crippen molar-refractivity contribution in [2.75, 3.05) is 0 Å². The fourth-order valence-corrected chi connectivity index (χ4v) is 1.35. The van der Waals surface area contributed by atoms with Gasteiger partial charge in [-0.25, -0.2) is 4.98 Å². The standard InChI is InChI=1S/C11H11FN4O/c1-16-6-5-8(15-16)7-13-11(17)9-3-2-4-10(12)14-9/h2-6H,7H2,1H3,(H,13,17). The molecule has 0 bridgehead atoms. The molecule has 0 atom stereocenters. The first-order valence-corrected chi connectivity index (χ1v) is 5.04. The largest absolute Gasteiger partial charge is 0.345 e. The monoisotopic (exact) mass is 234 g/mol. The van der Waals surface area contributed by atoms with Crippen LogP contribution in [0.15, 0.2) is 30.5 Å². The van der Waals surface area contributed by atoms with E-state index in [9.17, 15) is 9.18 Å². The van der Waals surface area contributed by atoms with E-state index in [1.807, 2.05) is 0 Å². The van der Waals surface area contributed by atoms with Gasteiger partial charge in [0.15, 0.2) is 0 Å². The van der Waals surface area contributed by atoms with Crippen LogP contribution in [-0.2, 0) is 13.6 Å². The summed E-state index contributed by atoms with van der Waals surface area (Å²) in [6.45, 7) is 0.290. The first kappa shape index (κ1) is 11.3. The Hall–Kier alpha value is -2.24. The number of nitrogens with one attached hydrogen (secondary N) is 1. The summed E-state index contributed by atoms with van der Waals surface area (Å²) >= 11 is 0. The molecule has 17 heavy (non-hydrogen) atoms. The highest BCUT2D eigenvalue weighted by Crippen LogP contribution is 1.99. The normalized spacial score (nSPS) is 10.2. The number of aromatic nitrogens is 3. The quantitative estimate of drug-likeness (QED) is 0.802. The molecule has 0 saturated heterocycles. The van der Waals surface area contributed by atoms with Gasteiger partial charge >= 0.3 is 0 Å². The van der Waals surface area contributed by atoms with Gasteiger partial charge in [-0.2, -0.15) is 9.49 Å². The van der Waals surface area contributed by atoms with E-state index in [4.69, 9.17) is 0 Å². The van der Waals surface area contributed by atoms with Crippen LogP contribution in [0.1, 0.15) is 16.2 Å². The first-order chi connectivity index (χ1) is 8.15. The Morgan fingerprint density at radius 3 is 2.94 bits per heavy atom. The molecule has 88 valence electrons. The van der Waals surface area contributed by atoms with Crippen LogP contribution < -0.4 is 5.32 Å². The number of halogens is 1. The third-order valence-corrected chi connectivity index (χ3v) is 2.15. The molecule has 2 rings (SSSR count). The molecule has 2 heterocycles. The molecule has 1 N–H and O–H groups in total. The van der Waals surface area contributed by atoms with Gasteiger partial charge in [-0.3, -0.25) is 9.48 Å². The van der Waals surface area contributed by atoms with Crippen molar-refractivity contribution in [3.8, 4) is 0 Å². The van der Waals surface area contributed by atoms with Crippen LogP contribution in [0, 0.1) is 5.95 Å². The van der Waals surface area contributed by atoms with Crippen molar-refractivity contribution in [2.24, 2.45) is 7.05 Å². The number of amides is 1. The van der Waals surface area contributed by atoms with Crippen LogP contribution in [0.4, 0.5) is 4.39 Å². The Morgan fingerprint density at radius 1 is 1.47 bits per heavy atom. The molecule has 5 nitrogen and oxygen atoms in total. The number of aryl methyl sites for hydroxylation is 1. The summed E-state index contributed by atoms with van der Waals surface area (Å²) in [5.41, 5.74) is 0.790. The smallest absolute Gasteiger partial charge is 0.270 e. The van der Waals surface area contributed by atoms with Crippen molar-refractivity contribution < 1.29 is 9.18 Å². The lowest BCUT2D eigenvalue weighted by Crippen LogP contribution is -2.24. The zero-order chi connectivity index (χ0) is 12.3. The predicted octanol–water partition coefficient (Wildman–Crippen LogP) is 0.884. The topological polar surface area (TPSA) is 59.8 Å². The van der Waals surface area contributed by atoms with Crippen LogP contribution in [0.2, 0.25) is 0 Å². The minimum Gasteiger partial charge on any atom is -0.345 e. The second kappa shape index (κ2) is 4.73. The second-order valence-corrected chi connectivity index (χ2v) is 3.51. The third kappa shape index (κ3) is 2.87. The summed E-state index contributed by atoms with van der Waals surface area (Å²) in [7, 11) is 1.79. The van der Waals surface area contributed by atoms with Crippen molar-refractivity contribution in [3.05, 3.63) is 47.8 Å². The summed E-state index contributed by atoms with van der Waals surface area (Å²) in [5.74, 6) is -1.09. The molecule has 0 aliphatic heterocycles. The van der Waals surface area contributed by atoms with Crippen LogP contribution in [0.5, 0.6) is 0 Å². The fraction of sp³-hybridized carbons (Fsp3) is 0.182. The van der Waals surface area contributed by atoms with Crippen LogP contribution in [-0.4, -0.2) is 20.7 Å². The zero-order valence-corrected chi connectivity index (χ0v) is 9.22. The van der Waals surface area contributed by atoms with Crippen molar-refractivity contribution in [1.82, 2.24) is 20.1 Å². The van der Waals surface area contributed by atoms with E-state index in [1.54, 1.807) is 24.0 Å². The number of pyridine rings is 1. The molecule has 0 radical (unpaired) electrons. The van der Waals surface area contributed by atoms with E-state index < -0.39 is 11.9 Å². The van der Waals surface area contributed by atoms with E-state index in [-0.39, 0.29) is 12.2 Å². The molecule has 2 aromatic rings. The molecule has 2 aromatic heterocycles. The lowest BCUT2D eigenvalue weighted by molar-refractivity contribution is 0.0944. The molecule has 0 fully saturated rings.